The van der Waals surface area contributed by atoms with Crippen LogP contribution in [0.25, 0.3) is 0 Å². The number of epoxide rings is 2. The van der Waals surface area contributed by atoms with Gasteiger partial charge in [-0.3, -0.25) is 19.2 Å². The van der Waals surface area contributed by atoms with Crippen molar-refractivity contribution in [2.24, 2.45) is 40.9 Å². The Morgan fingerprint density at radius 2 is 0.974 bits per heavy atom. The first-order chi connectivity index (χ1) is 18.5. The quantitative estimate of drug-likeness (QED) is 0.202. The topological polar surface area (TPSA) is 130 Å². The average Bonchev–Trinajstić information content (AvgIpc) is 3.83. The molecule has 8 atom stereocenters. The molecule has 0 radical (unpaired) electrons. The fourth-order valence-corrected chi connectivity index (χ4v) is 5.53. The summed E-state index contributed by atoms with van der Waals surface area (Å²) in [4.78, 5) is 51.5. The van der Waals surface area contributed by atoms with Gasteiger partial charge in [0.15, 0.2) is 0 Å². The molecule has 2 aliphatic heterocycles. The van der Waals surface area contributed by atoms with Crippen molar-refractivity contribution < 1.29 is 47.6 Å². The molecule has 4 rings (SSSR count). The van der Waals surface area contributed by atoms with Crippen molar-refractivity contribution >= 4 is 23.9 Å². The smallest absolute Gasteiger partial charge is 0.309 e. The van der Waals surface area contributed by atoms with Crippen LogP contribution in [0, 0.1) is 40.9 Å². The fourth-order valence-electron chi connectivity index (χ4n) is 5.53. The molecule has 0 amide bonds. The van der Waals surface area contributed by atoms with Gasteiger partial charge >= 0.3 is 23.9 Å². The molecule has 10 nitrogen and oxygen atoms in total. The third-order valence-electron chi connectivity index (χ3n) is 8.27. The van der Waals surface area contributed by atoms with Crippen molar-refractivity contribution in [1.29, 1.82) is 0 Å². The molecule has 0 bridgehead atoms. The monoisotopic (exact) mass is 552 g/mol. The van der Waals surface area contributed by atoms with E-state index in [0.717, 1.165) is 12.8 Å². The maximum absolute atomic E-state index is 13.0. The molecule has 0 aromatic heterocycles. The molecule has 2 heterocycles. The standard InChI is InChI=1S/C29H44O10/c1-17-5-7-21(23(9-17)27(32)36-13-19-11-34-19)25(30)38-15-29(3,4)16-39-26(31)22-8-6-18(2)10-24(22)28(33)37-14-20-12-35-20/h17-24H,5-16H2,1-4H3. The van der Waals surface area contributed by atoms with Crippen LogP contribution in [0.2, 0.25) is 0 Å². The molecular formula is C29H44O10. The Kier molecular flexibility index (Phi) is 9.91. The van der Waals surface area contributed by atoms with E-state index in [-0.39, 0.29) is 50.6 Å². The minimum Gasteiger partial charge on any atom is -0.465 e. The molecule has 2 saturated heterocycles. The Bertz CT molecular complexity index is 822. The van der Waals surface area contributed by atoms with Crippen LogP contribution < -0.4 is 0 Å². The summed E-state index contributed by atoms with van der Waals surface area (Å²) in [5.74, 6) is -3.09. The third kappa shape index (κ3) is 8.90. The lowest BCUT2D eigenvalue weighted by atomic mass is 9.74. The highest BCUT2D eigenvalue weighted by molar-refractivity contribution is 5.83. The second-order valence-electron chi connectivity index (χ2n) is 12.8. The Hall–Kier alpha value is -2.20. The van der Waals surface area contributed by atoms with Crippen LogP contribution in [0.1, 0.15) is 66.2 Å². The van der Waals surface area contributed by atoms with Gasteiger partial charge in [-0.2, -0.15) is 0 Å². The van der Waals surface area contributed by atoms with E-state index in [1.165, 1.54) is 0 Å². The van der Waals surface area contributed by atoms with Crippen LogP contribution in [0.5, 0.6) is 0 Å². The van der Waals surface area contributed by atoms with Crippen molar-refractivity contribution in [1.82, 2.24) is 0 Å². The van der Waals surface area contributed by atoms with Gasteiger partial charge < -0.3 is 28.4 Å². The fraction of sp³-hybridized carbons (Fsp3) is 0.862. The number of hydrogen-bond acceptors (Lipinski definition) is 10. The lowest BCUT2D eigenvalue weighted by molar-refractivity contribution is -0.170. The van der Waals surface area contributed by atoms with E-state index < -0.39 is 41.0 Å². The van der Waals surface area contributed by atoms with Crippen LogP contribution in [0.3, 0.4) is 0 Å². The summed E-state index contributed by atoms with van der Waals surface area (Å²) in [6.45, 7) is 9.55. The number of carbonyl (C=O) groups excluding carboxylic acids is 4. The molecule has 0 aromatic carbocycles. The van der Waals surface area contributed by atoms with E-state index in [2.05, 4.69) is 13.8 Å². The molecule has 220 valence electrons. The van der Waals surface area contributed by atoms with E-state index in [1.807, 2.05) is 13.8 Å². The highest BCUT2D eigenvalue weighted by atomic mass is 16.6. The molecule has 39 heavy (non-hydrogen) atoms. The number of carbonyl (C=O) groups is 4. The van der Waals surface area contributed by atoms with Gasteiger partial charge in [0, 0.05) is 5.41 Å². The summed E-state index contributed by atoms with van der Waals surface area (Å²) >= 11 is 0. The molecule has 8 unspecified atom stereocenters. The minimum absolute atomic E-state index is 0.0286. The van der Waals surface area contributed by atoms with Crippen LogP contribution in [0.15, 0.2) is 0 Å². The molecule has 0 N–H and O–H groups in total. The van der Waals surface area contributed by atoms with E-state index in [1.54, 1.807) is 0 Å². The van der Waals surface area contributed by atoms with Crippen LogP contribution in [-0.4, -0.2) is 75.7 Å². The Labute approximate surface area is 230 Å². The Morgan fingerprint density at radius 1 is 0.615 bits per heavy atom. The maximum atomic E-state index is 13.0. The van der Waals surface area contributed by atoms with E-state index in [0.29, 0.717) is 50.7 Å². The molecule has 0 spiro atoms. The van der Waals surface area contributed by atoms with Gasteiger partial charge in [0.25, 0.3) is 0 Å². The lowest BCUT2D eigenvalue weighted by Gasteiger charge is -2.34. The van der Waals surface area contributed by atoms with Gasteiger partial charge in [0.2, 0.25) is 0 Å². The van der Waals surface area contributed by atoms with Crippen molar-refractivity contribution in [3.05, 3.63) is 0 Å². The third-order valence-corrected chi connectivity index (χ3v) is 8.27. The van der Waals surface area contributed by atoms with Crippen molar-refractivity contribution in [2.75, 3.05) is 39.6 Å². The molecule has 2 saturated carbocycles. The number of ether oxygens (including phenoxy) is 6. The van der Waals surface area contributed by atoms with Gasteiger partial charge in [0.05, 0.1) is 50.1 Å². The van der Waals surface area contributed by atoms with Crippen molar-refractivity contribution in [2.45, 2.75) is 78.4 Å². The van der Waals surface area contributed by atoms with Crippen LogP contribution in [0.4, 0.5) is 0 Å². The molecule has 4 fully saturated rings. The normalized spacial score (nSPS) is 33.9. The maximum Gasteiger partial charge on any atom is 0.309 e. The Balaban J connectivity index is 1.25. The number of esters is 4. The van der Waals surface area contributed by atoms with Gasteiger partial charge in [-0.25, -0.2) is 0 Å². The molecule has 0 aromatic rings. The van der Waals surface area contributed by atoms with Crippen LogP contribution >= 0.6 is 0 Å². The highest BCUT2D eigenvalue weighted by Crippen LogP contribution is 2.37. The molecule has 4 aliphatic rings. The van der Waals surface area contributed by atoms with Gasteiger partial charge in [-0.1, -0.05) is 27.7 Å². The first-order valence-electron chi connectivity index (χ1n) is 14.4. The molecule has 10 heteroatoms. The second kappa shape index (κ2) is 13.0. The summed E-state index contributed by atoms with van der Waals surface area (Å²) in [7, 11) is 0. The Morgan fingerprint density at radius 3 is 1.33 bits per heavy atom. The zero-order valence-corrected chi connectivity index (χ0v) is 23.7. The van der Waals surface area contributed by atoms with E-state index >= 15 is 0 Å². The SMILES string of the molecule is CC1CCC(C(=O)OCC(C)(C)COC(=O)C2CCC(C)CC2C(=O)OCC2CO2)C(C(=O)OCC2CO2)C1. The first kappa shape index (κ1) is 29.8. The summed E-state index contributed by atoms with van der Waals surface area (Å²) in [6.07, 6.45) is 3.93. The summed E-state index contributed by atoms with van der Waals surface area (Å²) < 4.78 is 32.3. The lowest BCUT2D eigenvalue weighted by Crippen LogP contribution is -2.40. The molecular weight excluding hydrogens is 508 g/mol. The number of hydrogen-bond donors (Lipinski definition) is 0. The number of rotatable bonds is 12. The second-order valence-corrected chi connectivity index (χ2v) is 12.8. The summed E-state index contributed by atoms with van der Waals surface area (Å²) in [6, 6.07) is 0. The zero-order valence-electron chi connectivity index (χ0n) is 23.7. The van der Waals surface area contributed by atoms with Gasteiger partial charge in [-0.15, -0.1) is 0 Å². The summed E-state index contributed by atoms with van der Waals surface area (Å²) in [5, 5.41) is 0. The zero-order chi connectivity index (χ0) is 28.2. The van der Waals surface area contributed by atoms with Gasteiger partial charge in [-0.05, 0) is 50.4 Å². The predicted octanol–water partition coefficient (Wildman–Crippen LogP) is 3.09. The van der Waals surface area contributed by atoms with Crippen molar-refractivity contribution in [3.63, 3.8) is 0 Å². The highest BCUT2D eigenvalue weighted by Gasteiger charge is 2.43. The largest absolute Gasteiger partial charge is 0.465 e. The van der Waals surface area contributed by atoms with Gasteiger partial charge in [0.1, 0.15) is 25.4 Å². The minimum atomic E-state index is -0.645. The van der Waals surface area contributed by atoms with Crippen LogP contribution in [-0.2, 0) is 47.6 Å². The average molecular weight is 553 g/mol. The molecule has 2 aliphatic carbocycles. The van der Waals surface area contributed by atoms with E-state index in [9.17, 15) is 19.2 Å². The predicted molar refractivity (Wildman–Crippen MR) is 137 cm³/mol. The van der Waals surface area contributed by atoms with Crippen molar-refractivity contribution in [3.8, 4) is 0 Å². The summed E-state index contributed by atoms with van der Waals surface area (Å²) in [5.41, 5.74) is -0.645. The first-order valence-corrected chi connectivity index (χ1v) is 14.4. The van der Waals surface area contributed by atoms with E-state index in [4.69, 9.17) is 28.4 Å².